The highest BCUT2D eigenvalue weighted by atomic mass is 32.2. The third kappa shape index (κ3) is 3.42. The molecule has 9 nitrogen and oxygen atoms in total. The van der Waals surface area contributed by atoms with Crippen LogP contribution in [0.2, 0.25) is 0 Å². The number of hydrogen-bond donors (Lipinski definition) is 3. The van der Waals surface area contributed by atoms with Gasteiger partial charge in [-0.3, -0.25) is 14.8 Å². The molecule has 0 aromatic heterocycles. The fraction of sp³-hybridized carbons (Fsp3) is 0.300. The molecule has 10 heteroatoms. The maximum absolute atomic E-state index is 11.7. The van der Waals surface area contributed by atoms with Crippen LogP contribution in [0.15, 0.2) is 18.2 Å². The van der Waals surface area contributed by atoms with E-state index in [9.17, 15) is 23.3 Å². The summed E-state index contributed by atoms with van der Waals surface area (Å²) < 4.78 is 27.7. The number of nitrogens with one attached hydrogen (secondary N) is 2. The number of nitrogens with zero attached hydrogens (tertiary/aromatic N) is 1. The maximum atomic E-state index is 11.7. The Morgan fingerprint density at radius 3 is 2.55 bits per heavy atom. The number of rotatable bonds is 6. The highest BCUT2D eigenvalue weighted by Gasteiger charge is 2.28. The first-order valence-electron chi connectivity index (χ1n) is 5.60. The van der Waals surface area contributed by atoms with Crippen LogP contribution in [0.3, 0.4) is 0 Å². The van der Waals surface area contributed by atoms with Crippen molar-refractivity contribution in [3.05, 3.63) is 33.9 Å². The Kier molecular flexibility index (Phi) is 3.59. The number of anilines is 1. The quantitative estimate of drug-likeness (QED) is 0.522. The molecule has 108 valence electrons. The van der Waals surface area contributed by atoms with Gasteiger partial charge in [0.05, 0.1) is 16.2 Å². The molecule has 20 heavy (non-hydrogen) atoms. The van der Waals surface area contributed by atoms with Gasteiger partial charge in [0.25, 0.3) is 15.9 Å². The summed E-state index contributed by atoms with van der Waals surface area (Å²) in [5, 5.41) is 19.6. The van der Waals surface area contributed by atoms with Gasteiger partial charge in [-0.1, -0.05) is 0 Å². The van der Waals surface area contributed by atoms with Crippen LogP contribution in [-0.2, 0) is 10.2 Å². The molecule has 1 aliphatic rings. The van der Waals surface area contributed by atoms with Gasteiger partial charge < -0.3 is 5.11 Å². The smallest absolute Gasteiger partial charge is 0.337 e. The molecular weight excluding hydrogens is 290 g/mol. The second-order valence-corrected chi connectivity index (χ2v) is 5.74. The first-order valence-corrected chi connectivity index (χ1v) is 7.08. The van der Waals surface area contributed by atoms with Crippen molar-refractivity contribution in [3.63, 3.8) is 0 Å². The zero-order chi connectivity index (χ0) is 14.9. The van der Waals surface area contributed by atoms with Crippen LogP contribution < -0.4 is 9.44 Å². The van der Waals surface area contributed by atoms with Crippen LogP contribution in [-0.4, -0.2) is 30.5 Å². The number of benzene rings is 1. The Morgan fingerprint density at radius 2 is 2.05 bits per heavy atom. The van der Waals surface area contributed by atoms with Crippen molar-refractivity contribution >= 4 is 27.6 Å². The minimum absolute atomic E-state index is 0.167. The van der Waals surface area contributed by atoms with Gasteiger partial charge in [0.1, 0.15) is 0 Å². The largest absolute Gasteiger partial charge is 0.478 e. The molecule has 3 N–H and O–H groups in total. The molecule has 1 saturated carbocycles. The van der Waals surface area contributed by atoms with Gasteiger partial charge in [0.15, 0.2) is 0 Å². The van der Waals surface area contributed by atoms with E-state index in [-0.39, 0.29) is 17.3 Å². The minimum Gasteiger partial charge on any atom is -0.478 e. The second-order valence-electron chi connectivity index (χ2n) is 4.29. The molecule has 2 rings (SSSR count). The molecule has 0 spiro atoms. The Hall–Kier alpha value is -2.20. The predicted octanol–water partition coefficient (Wildman–Crippen LogP) is 0.702. The van der Waals surface area contributed by atoms with Crippen molar-refractivity contribution < 1.29 is 23.2 Å². The second kappa shape index (κ2) is 5.06. The van der Waals surface area contributed by atoms with E-state index in [2.05, 4.69) is 4.72 Å². The summed E-state index contributed by atoms with van der Waals surface area (Å²) in [5.74, 6) is -1.39. The number of non-ortho nitro benzene ring substituents is 1. The number of carbonyl (C=O) groups is 1. The van der Waals surface area contributed by atoms with E-state index < -0.39 is 26.8 Å². The first-order chi connectivity index (χ1) is 9.28. The number of hydrogen-bond acceptors (Lipinski definition) is 5. The first kappa shape index (κ1) is 14.2. The molecule has 0 amide bonds. The van der Waals surface area contributed by atoms with E-state index >= 15 is 0 Å². The van der Waals surface area contributed by atoms with Crippen LogP contribution in [0.25, 0.3) is 0 Å². The van der Waals surface area contributed by atoms with Crippen LogP contribution in [0.5, 0.6) is 0 Å². The monoisotopic (exact) mass is 301 g/mol. The summed E-state index contributed by atoms with van der Waals surface area (Å²) >= 11 is 0. The van der Waals surface area contributed by atoms with Crippen LogP contribution >= 0.6 is 0 Å². The molecule has 0 aliphatic heterocycles. The lowest BCUT2D eigenvalue weighted by Crippen LogP contribution is -2.32. The van der Waals surface area contributed by atoms with Gasteiger partial charge in [-0.2, -0.15) is 13.1 Å². The van der Waals surface area contributed by atoms with Crippen LogP contribution in [0, 0.1) is 10.1 Å². The summed E-state index contributed by atoms with van der Waals surface area (Å²) in [6, 6.07) is 2.68. The summed E-state index contributed by atoms with van der Waals surface area (Å²) in [4.78, 5) is 20.9. The fourth-order valence-electron chi connectivity index (χ4n) is 1.51. The van der Waals surface area contributed by atoms with Gasteiger partial charge in [0, 0.05) is 18.2 Å². The van der Waals surface area contributed by atoms with Crippen molar-refractivity contribution in [1.82, 2.24) is 4.72 Å². The topological polar surface area (TPSA) is 139 Å². The van der Waals surface area contributed by atoms with Gasteiger partial charge in [-0.15, -0.1) is 0 Å². The van der Waals surface area contributed by atoms with Gasteiger partial charge in [0.2, 0.25) is 0 Å². The molecule has 0 bridgehead atoms. The Bertz CT molecular complexity index is 668. The zero-order valence-corrected chi connectivity index (χ0v) is 10.9. The zero-order valence-electron chi connectivity index (χ0n) is 10.1. The average molecular weight is 301 g/mol. The normalized spacial score (nSPS) is 14.8. The molecule has 0 saturated heterocycles. The van der Waals surface area contributed by atoms with E-state index in [4.69, 9.17) is 5.11 Å². The van der Waals surface area contributed by atoms with Crippen LogP contribution in [0.1, 0.15) is 23.2 Å². The molecule has 0 unspecified atom stereocenters. The van der Waals surface area contributed by atoms with E-state index in [1.54, 1.807) is 0 Å². The van der Waals surface area contributed by atoms with Crippen molar-refractivity contribution in [3.8, 4) is 0 Å². The number of aromatic carboxylic acids is 1. The van der Waals surface area contributed by atoms with Crippen molar-refractivity contribution in [2.24, 2.45) is 0 Å². The molecule has 0 atom stereocenters. The van der Waals surface area contributed by atoms with Gasteiger partial charge in [-0.25, -0.2) is 4.79 Å². The highest BCUT2D eigenvalue weighted by molar-refractivity contribution is 7.90. The molecule has 0 heterocycles. The summed E-state index contributed by atoms with van der Waals surface area (Å²) in [6.07, 6.45) is 1.42. The van der Waals surface area contributed by atoms with E-state index in [1.807, 2.05) is 4.72 Å². The molecule has 1 aromatic carbocycles. The number of nitro benzene ring substituents is 1. The van der Waals surface area contributed by atoms with Crippen molar-refractivity contribution in [2.45, 2.75) is 18.9 Å². The predicted molar refractivity (Wildman–Crippen MR) is 68.8 cm³/mol. The van der Waals surface area contributed by atoms with E-state index in [0.717, 1.165) is 18.2 Å². The maximum Gasteiger partial charge on any atom is 0.337 e. The highest BCUT2D eigenvalue weighted by Crippen LogP contribution is 2.25. The lowest BCUT2D eigenvalue weighted by atomic mass is 10.1. The summed E-state index contributed by atoms with van der Waals surface area (Å²) in [5.41, 5.74) is -1.12. The summed E-state index contributed by atoms with van der Waals surface area (Å²) in [7, 11) is -3.96. The standard InChI is InChI=1S/C10H11N3O6S/c14-10(15)8-4-3-7(13(16)17)5-9(8)12-20(18,19)11-6-1-2-6/h3-6,11-12H,1-2H2,(H,14,15). The van der Waals surface area contributed by atoms with Crippen LogP contribution in [0.4, 0.5) is 11.4 Å². The lowest BCUT2D eigenvalue weighted by molar-refractivity contribution is -0.384. The van der Waals surface area contributed by atoms with E-state index in [1.165, 1.54) is 0 Å². The van der Waals surface area contributed by atoms with Gasteiger partial charge >= 0.3 is 5.97 Å². The molecule has 0 radical (unpaired) electrons. The third-order valence-corrected chi connectivity index (χ3v) is 3.72. The van der Waals surface area contributed by atoms with E-state index in [0.29, 0.717) is 12.8 Å². The summed E-state index contributed by atoms with van der Waals surface area (Å²) in [6.45, 7) is 0. The Morgan fingerprint density at radius 1 is 1.40 bits per heavy atom. The lowest BCUT2D eigenvalue weighted by Gasteiger charge is -2.10. The molecule has 1 aromatic rings. The molecule has 1 fully saturated rings. The SMILES string of the molecule is O=C(O)c1ccc([N+](=O)[O-])cc1NS(=O)(=O)NC1CC1. The number of carboxylic acids is 1. The third-order valence-electron chi connectivity index (χ3n) is 2.59. The Labute approximate surface area is 113 Å². The van der Waals surface area contributed by atoms with Gasteiger partial charge in [-0.05, 0) is 18.9 Å². The van der Waals surface area contributed by atoms with Crippen molar-refractivity contribution in [2.75, 3.05) is 4.72 Å². The Balaban J connectivity index is 2.34. The number of carboxylic acid groups (broad SMARTS) is 1. The minimum atomic E-state index is -3.96. The average Bonchev–Trinajstić information content (AvgIpc) is 3.10. The molecule has 1 aliphatic carbocycles. The fourth-order valence-corrected chi connectivity index (χ4v) is 2.70. The molecular formula is C10H11N3O6S. The number of nitro groups is 1. The van der Waals surface area contributed by atoms with Crippen molar-refractivity contribution in [1.29, 1.82) is 0 Å².